The summed E-state index contributed by atoms with van der Waals surface area (Å²) in [5.41, 5.74) is 1.26. The van der Waals surface area contributed by atoms with Gasteiger partial charge in [0, 0.05) is 15.8 Å². The first-order valence-corrected chi connectivity index (χ1v) is 7.31. The van der Waals surface area contributed by atoms with Crippen molar-refractivity contribution >= 4 is 28.3 Å². The number of halogens is 1. The van der Waals surface area contributed by atoms with E-state index in [9.17, 15) is 0 Å². The second-order valence-electron chi connectivity index (χ2n) is 5.03. The Hall–Kier alpha value is -0.250. The van der Waals surface area contributed by atoms with E-state index in [4.69, 9.17) is 0 Å². The van der Waals surface area contributed by atoms with Crippen LogP contribution < -0.4 is 5.32 Å². The molecule has 1 aromatic rings. The van der Waals surface area contributed by atoms with Crippen LogP contribution in [0.1, 0.15) is 32.6 Å². The van der Waals surface area contributed by atoms with E-state index in [-0.39, 0.29) is 0 Å². The third-order valence-electron chi connectivity index (χ3n) is 3.48. The molecular weight excluding hydrogens is 309 g/mol. The monoisotopic (exact) mass is 329 g/mol. The number of benzene rings is 1. The zero-order chi connectivity index (χ0) is 11.4. The van der Waals surface area contributed by atoms with Gasteiger partial charge in [0.2, 0.25) is 0 Å². The number of hydrogen-bond acceptors (Lipinski definition) is 1. The quantitative estimate of drug-likeness (QED) is 0.804. The first-order valence-electron chi connectivity index (χ1n) is 6.23. The van der Waals surface area contributed by atoms with Gasteiger partial charge in [-0.15, -0.1) is 0 Å². The van der Waals surface area contributed by atoms with E-state index in [1.807, 2.05) is 0 Å². The van der Waals surface area contributed by atoms with Crippen LogP contribution in [0.25, 0.3) is 0 Å². The number of nitrogens with one attached hydrogen (secondary N) is 1. The van der Waals surface area contributed by atoms with Gasteiger partial charge in [-0.05, 0) is 71.5 Å². The molecule has 0 heterocycles. The second kappa shape index (κ2) is 5.89. The Balaban J connectivity index is 1.80. The molecule has 1 aliphatic rings. The topological polar surface area (TPSA) is 12.0 Å². The summed E-state index contributed by atoms with van der Waals surface area (Å²) in [7, 11) is 0. The Bertz CT molecular complexity index is 320. The predicted octanol–water partition coefficient (Wildman–Crippen LogP) is 4.53. The lowest BCUT2D eigenvalue weighted by atomic mass is 9.82. The molecule has 2 heteroatoms. The van der Waals surface area contributed by atoms with E-state index in [1.165, 1.54) is 34.9 Å². The van der Waals surface area contributed by atoms with Crippen LogP contribution in [0, 0.1) is 15.4 Å². The largest absolute Gasteiger partial charge is 0.385 e. The summed E-state index contributed by atoms with van der Waals surface area (Å²) in [4.78, 5) is 0. The molecule has 1 saturated carbocycles. The van der Waals surface area contributed by atoms with E-state index in [0.29, 0.717) is 0 Å². The van der Waals surface area contributed by atoms with Crippen LogP contribution >= 0.6 is 22.6 Å². The highest BCUT2D eigenvalue weighted by molar-refractivity contribution is 14.1. The first-order chi connectivity index (χ1) is 7.74. The third kappa shape index (κ3) is 3.65. The van der Waals surface area contributed by atoms with Gasteiger partial charge in [0.05, 0.1) is 0 Å². The molecule has 0 spiro atoms. The van der Waals surface area contributed by atoms with E-state index in [1.54, 1.807) is 0 Å². The maximum absolute atomic E-state index is 3.56. The molecule has 2 rings (SSSR count). The standard InChI is InChI=1S/C14H20IN/c1-11-3-2-4-12(9-11)10-16-14-7-5-13(15)6-8-14/h5-8,11-12,16H,2-4,9-10H2,1H3. The maximum atomic E-state index is 3.56. The van der Waals surface area contributed by atoms with Gasteiger partial charge in [-0.25, -0.2) is 0 Å². The van der Waals surface area contributed by atoms with E-state index < -0.39 is 0 Å². The summed E-state index contributed by atoms with van der Waals surface area (Å²) in [5.74, 6) is 1.81. The number of hydrogen-bond donors (Lipinski definition) is 1. The molecule has 1 aromatic carbocycles. The smallest absolute Gasteiger partial charge is 0.0340 e. The minimum atomic E-state index is 0.878. The molecule has 2 unspecified atom stereocenters. The maximum Gasteiger partial charge on any atom is 0.0340 e. The van der Waals surface area contributed by atoms with E-state index >= 15 is 0 Å². The van der Waals surface area contributed by atoms with Gasteiger partial charge in [0.1, 0.15) is 0 Å². The minimum absolute atomic E-state index is 0.878. The highest BCUT2D eigenvalue weighted by Gasteiger charge is 2.18. The fourth-order valence-corrected chi connectivity index (χ4v) is 2.93. The molecule has 1 fully saturated rings. The molecule has 16 heavy (non-hydrogen) atoms. The van der Waals surface area contributed by atoms with Crippen molar-refractivity contribution in [3.63, 3.8) is 0 Å². The molecule has 0 aromatic heterocycles. The molecule has 0 aliphatic heterocycles. The van der Waals surface area contributed by atoms with Crippen molar-refractivity contribution in [1.82, 2.24) is 0 Å². The highest BCUT2D eigenvalue weighted by atomic mass is 127. The normalized spacial score (nSPS) is 25.4. The van der Waals surface area contributed by atoms with Crippen LogP contribution in [0.15, 0.2) is 24.3 Å². The summed E-state index contributed by atoms with van der Waals surface area (Å²) in [5, 5.41) is 3.56. The molecule has 0 bridgehead atoms. The molecule has 0 radical (unpaired) electrons. The van der Waals surface area contributed by atoms with Gasteiger partial charge in [-0.2, -0.15) is 0 Å². The molecule has 1 N–H and O–H groups in total. The fraction of sp³-hybridized carbons (Fsp3) is 0.571. The Kier molecular flexibility index (Phi) is 4.50. The van der Waals surface area contributed by atoms with E-state index in [0.717, 1.165) is 18.4 Å². The molecule has 88 valence electrons. The summed E-state index contributed by atoms with van der Waals surface area (Å²) >= 11 is 2.34. The lowest BCUT2D eigenvalue weighted by molar-refractivity contribution is 0.293. The summed E-state index contributed by atoms with van der Waals surface area (Å²) in [6, 6.07) is 8.67. The minimum Gasteiger partial charge on any atom is -0.385 e. The van der Waals surface area contributed by atoms with Gasteiger partial charge in [0.15, 0.2) is 0 Å². The lowest BCUT2D eigenvalue weighted by Gasteiger charge is -2.27. The SMILES string of the molecule is CC1CCCC(CNc2ccc(I)cc2)C1. The van der Waals surface area contributed by atoms with Gasteiger partial charge >= 0.3 is 0 Å². The zero-order valence-corrected chi connectivity index (χ0v) is 12.0. The molecule has 1 nitrogen and oxygen atoms in total. The predicted molar refractivity (Wildman–Crippen MR) is 78.8 cm³/mol. The zero-order valence-electron chi connectivity index (χ0n) is 9.88. The molecule has 1 aliphatic carbocycles. The van der Waals surface area contributed by atoms with Crippen LogP contribution in [0.2, 0.25) is 0 Å². The average molecular weight is 329 g/mol. The van der Waals surface area contributed by atoms with Crippen molar-refractivity contribution in [3.05, 3.63) is 27.8 Å². The van der Waals surface area contributed by atoms with Crippen molar-refractivity contribution in [1.29, 1.82) is 0 Å². The number of rotatable bonds is 3. The van der Waals surface area contributed by atoms with Gasteiger partial charge in [-0.1, -0.05) is 19.8 Å². The van der Waals surface area contributed by atoms with Crippen molar-refractivity contribution in [2.75, 3.05) is 11.9 Å². The van der Waals surface area contributed by atoms with Gasteiger partial charge in [0.25, 0.3) is 0 Å². The van der Waals surface area contributed by atoms with Gasteiger partial charge in [-0.3, -0.25) is 0 Å². The summed E-state index contributed by atoms with van der Waals surface area (Å²) in [6.45, 7) is 3.53. The molecule has 2 atom stereocenters. The van der Waals surface area contributed by atoms with E-state index in [2.05, 4.69) is 59.1 Å². The Morgan fingerprint density at radius 2 is 2.00 bits per heavy atom. The second-order valence-corrected chi connectivity index (χ2v) is 6.27. The average Bonchev–Trinajstić information content (AvgIpc) is 2.28. The first kappa shape index (κ1) is 12.2. The number of anilines is 1. The third-order valence-corrected chi connectivity index (χ3v) is 4.20. The van der Waals surface area contributed by atoms with Gasteiger partial charge < -0.3 is 5.32 Å². The molecule has 0 saturated heterocycles. The fourth-order valence-electron chi connectivity index (χ4n) is 2.58. The van der Waals surface area contributed by atoms with Crippen LogP contribution in [0.4, 0.5) is 5.69 Å². The van der Waals surface area contributed by atoms with Crippen molar-refractivity contribution in [2.45, 2.75) is 32.6 Å². The van der Waals surface area contributed by atoms with Crippen molar-refractivity contribution in [3.8, 4) is 0 Å². The lowest BCUT2D eigenvalue weighted by Crippen LogP contribution is -2.20. The van der Waals surface area contributed by atoms with Crippen LogP contribution in [0.3, 0.4) is 0 Å². The van der Waals surface area contributed by atoms with Crippen molar-refractivity contribution < 1.29 is 0 Å². The molecular formula is C14H20IN. The van der Waals surface area contributed by atoms with Crippen LogP contribution in [-0.2, 0) is 0 Å². The Morgan fingerprint density at radius 1 is 1.25 bits per heavy atom. The van der Waals surface area contributed by atoms with Crippen LogP contribution in [0.5, 0.6) is 0 Å². The summed E-state index contributed by atoms with van der Waals surface area (Å²) in [6.07, 6.45) is 5.65. The van der Waals surface area contributed by atoms with Crippen molar-refractivity contribution in [2.24, 2.45) is 11.8 Å². The Labute approximate surface area is 112 Å². The Morgan fingerprint density at radius 3 is 2.69 bits per heavy atom. The van der Waals surface area contributed by atoms with Crippen LogP contribution in [-0.4, -0.2) is 6.54 Å². The molecule has 0 amide bonds. The highest BCUT2D eigenvalue weighted by Crippen LogP contribution is 2.28. The summed E-state index contributed by atoms with van der Waals surface area (Å²) < 4.78 is 1.30.